The summed E-state index contributed by atoms with van der Waals surface area (Å²) < 4.78 is 20.2. The fourth-order valence-corrected chi connectivity index (χ4v) is 6.60. The Labute approximate surface area is 144 Å². The van der Waals surface area contributed by atoms with Crippen LogP contribution in [0.2, 0.25) is 0 Å². The standard InChI is InChI=1S/C15H27NO3S3/c1-5-19-13(17)15(20-8-9-21-15)12(10-11-6-7-11)16-22(18)14(2,3)4/h11-12,16H,5-10H2,1-4H3. The van der Waals surface area contributed by atoms with Gasteiger partial charge in [0.25, 0.3) is 0 Å². The van der Waals surface area contributed by atoms with Crippen molar-refractivity contribution in [3.05, 3.63) is 0 Å². The van der Waals surface area contributed by atoms with Crippen molar-refractivity contribution >= 4 is 40.5 Å². The SMILES string of the molecule is CCOC(=O)C1(C(CC2CC2)NS(=O)C(C)(C)C)SCCS1. The van der Waals surface area contributed by atoms with Crippen LogP contribution in [-0.2, 0) is 20.5 Å². The monoisotopic (exact) mass is 365 g/mol. The van der Waals surface area contributed by atoms with Gasteiger partial charge in [-0.15, -0.1) is 23.5 Å². The minimum absolute atomic E-state index is 0.100. The molecule has 1 aliphatic heterocycles. The Morgan fingerprint density at radius 1 is 1.36 bits per heavy atom. The van der Waals surface area contributed by atoms with Crippen molar-refractivity contribution < 1.29 is 13.7 Å². The van der Waals surface area contributed by atoms with Gasteiger partial charge in [0.05, 0.1) is 28.4 Å². The van der Waals surface area contributed by atoms with E-state index in [2.05, 4.69) is 4.72 Å². The molecule has 2 unspecified atom stereocenters. The molecule has 2 aliphatic rings. The van der Waals surface area contributed by atoms with Gasteiger partial charge >= 0.3 is 5.97 Å². The molecule has 2 fully saturated rings. The van der Waals surface area contributed by atoms with E-state index in [4.69, 9.17) is 4.74 Å². The van der Waals surface area contributed by atoms with Gasteiger partial charge in [0.15, 0.2) is 4.08 Å². The largest absolute Gasteiger partial charge is 0.464 e. The van der Waals surface area contributed by atoms with Crippen molar-refractivity contribution in [3.8, 4) is 0 Å². The van der Waals surface area contributed by atoms with Crippen LogP contribution in [0.25, 0.3) is 0 Å². The van der Waals surface area contributed by atoms with Crippen molar-refractivity contribution in [2.24, 2.45) is 5.92 Å². The molecule has 128 valence electrons. The molecule has 0 aromatic rings. The summed E-state index contributed by atoms with van der Waals surface area (Å²) in [6.45, 7) is 8.09. The van der Waals surface area contributed by atoms with E-state index in [0.717, 1.165) is 17.9 Å². The Morgan fingerprint density at radius 3 is 2.41 bits per heavy atom. The van der Waals surface area contributed by atoms with Crippen molar-refractivity contribution in [2.75, 3.05) is 18.1 Å². The molecule has 0 aromatic heterocycles. The van der Waals surface area contributed by atoms with Gasteiger partial charge in [0, 0.05) is 11.5 Å². The minimum atomic E-state index is -1.18. The second-order valence-electron chi connectivity index (χ2n) is 6.82. The number of thioether (sulfide) groups is 2. The topological polar surface area (TPSA) is 55.4 Å². The summed E-state index contributed by atoms with van der Waals surface area (Å²) >= 11 is 3.32. The van der Waals surface area contributed by atoms with E-state index in [9.17, 15) is 9.00 Å². The molecule has 2 atom stereocenters. The fraction of sp³-hybridized carbons (Fsp3) is 0.933. The molecule has 0 spiro atoms. The number of rotatable bonds is 7. The fourth-order valence-electron chi connectivity index (χ4n) is 2.39. The predicted octanol–water partition coefficient (Wildman–Crippen LogP) is 2.95. The Bertz CT molecular complexity index is 426. The van der Waals surface area contributed by atoms with Crippen LogP contribution in [0, 0.1) is 5.92 Å². The average Bonchev–Trinajstić information content (AvgIpc) is 3.11. The molecule has 1 heterocycles. The zero-order chi connectivity index (χ0) is 16.4. The van der Waals surface area contributed by atoms with Crippen molar-refractivity contribution in [3.63, 3.8) is 0 Å². The Morgan fingerprint density at radius 2 is 1.95 bits per heavy atom. The highest BCUT2D eigenvalue weighted by molar-refractivity contribution is 8.22. The lowest BCUT2D eigenvalue weighted by atomic mass is 10.1. The number of carbonyl (C=O) groups is 1. The quantitative estimate of drug-likeness (QED) is 0.703. The average molecular weight is 366 g/mol. The van der Waals surface area contributed by atoms with Gasteiger partial charge in [-0.05, 0) is 40.0 Å². The normalized spacial score (nSPS) is 24.0. The molecule has 4 nitrogen and oxygen atoms in total. The molecule has 1 saturated carbocycles. The summed E-state index contributed by atoms with van der Waals surface area (Å²) in [7, 11) is -1.18. The van der Waals surface area contributed by atoms with Gasteiger partial charge in [0.2, 0.25) is 0 Å². The number of hydrogen-bond acceptors (Lipinski definition) is 5. The zero-order valence-corrected chi connectivity index (χ0v) is 16.3. The van der Waals surface area contributed by atoms with E-state index in [-0.39, 0.29) is 16.8 Å². The Kier molecular flexibility index (Phi) is 6.30. The van der Waals surface area contributed by atoms with Gasteiger partial charge in [-0.3, -0.25) is 0 Å². The maximum Gasteiger partial charge on any atom is 0.334 e. The number of ether oxygens (including phenoxy) is 1. The van der Waals surface area contributed by atoms with Crippen molar-refractivity contribution in [2.45, 2.75) is 61.8 Å². The van der Waals surface area contributed by atoms with Crippen molar-refractivity contribution in [1.82, 2.24) is 4.72 Å². The Balaban J connectivity index is 2.20. The Hall–Kier alpha value is 0.280. The van der Waals surface area contributed by atoms with E-state index < -0.39 is 15.1 Å². The minimum Gasteiger partial charge on any atom is -0.464 e. The van der Waals surface area contributed by atoms with Gasteiger partial charge < -0.3 is 4.74 Å². The summed E-state index contributed by atoms with van der Waals surface area (Å²) in [6.07, 6.45) is 3.34. The molecule has 0 aromatic carbocycles. The van der Waals surface area contributed by atoms with E-state index in [1.165, 1.54) is 12.8 Å². The maximum absolute atomic E-state index is 12.6. The third-order valence-corrected chi connectivity index (χ3v) is 8.96. The summed E-state index contributed by atoms with van der Waals surface area (Å²) in [5, 5.41) is 0. The van der Waals surface area contributed by atoms with Crippen LogP contribution < -0.4 is 4.72 Å². The second-order valence-corrected chi connectivity index (χ2v) is 11.8. The number of hydrogen-bond donors (Lipinski definition) is 1. The first-order chi connectivity index (χ1) is 10.3. The molecule has 2 rings (SSSR count). The molecule has 1 aliphatic carbocycles. The molecule has 1 saturated heterocycles. The third-order valence-electron chi connectivity index (χ3n) is 3.81. The number of nitrogens with one attached hydrogen (secondary N) is 1. The smallest absolute Gasteiger partial charge is 0.334 e. The van der Waals surface area contributed by atoms with E-state index >= 15 is 0 Å². The highest BCUT2D eigenvalue weighted by Gasteiger charge is 2.53. The van der Waals surface area contributed by atoms with Crippen LogP contribution in [0.3, 0.4) is 0 Å². The van der Waals surface area contributed by atoms with E-state index in [0.29, 0.717) is 12.5 Å². The second kappa shape index (κ2) is 7.45. The zero-order valence-electron chi connectivity index (χ0n) is 13.8. The summed E-state index contributed by atoms with van der Waals surface area (Å²) in [5.74, 6) is 2.37. The predicted molar refractivity (Wildman–Crippen MR) is 96.4 cm³/mol. The maximum atomic E-state index is 12.6. The molecule has 0 radical (unpaired) electrons. The highest BCUT2D eigenvalue weighted by atomic mass is 32.2. The van der Waals surface area contributed by atoms with Gasteiger partial charge in [-0.25, -0.2) is 13.7 Å². The van der Waals surface area contributed by atoms with Crippen LogP contribution in [0.4, 0.5) is 0 Å². The lowest BCUT2D eigenvalue weighted by Gasteiger charge is -2.35. The summed E-state index contributed by atoms with van der Waals surface area (Å²) in [5.41, 5.74) is 0. The molecule has 0 amide bonds. The first kappa shape index (κ1) is 18.6. The molecule has 1 N–H and O–H groups in total. The number of esters is 1. The molecule has 22 heavy (non-hydrogen) atoms. The third kappa shape index (κ3) is 4.42. The van der Waals surface area contributed by atoms with Crippen LogP contribution in [0.5, 0.6) is 0 Å². The lowest BCUT2D eigenvalue weighted by molar-refractivity contribution is -0.143. The van der Waals surface area contributed by atoms with Gasteiger partial charge in [-0.2, -0.15) is 0 Å². The van der Waals surface area contributed by atoms with Gasteiger partial charge in [0.1, 0.15) is 0 Å². The number of carbonyl (C=O) groups excluding carboxylic acids is 1. The first-order valence-electron chi connectivity index (χ1n) is 7.92. The van der Waals surface area contributed by atoms with Crippen LogP contribution in [0.15, 0.2) is 0 Å². The molecular formula is C15H27NO3S3. The van der Waals surface area contributed by atoms with Crippen LogP contribution in [-0.4, -0.2) is 43.2 Å². The highest BCUT2D eigenvalue weighted by Crippen LogP contribution is 2.50. The van der Waals surface area contributed by atoms with E-state index in [1.54, 1.807) is 23.5 Å². The van der Waals surface area contributed by atoms with E-state index in [1.807, 2.05) is 27.7 Å². The summed E-state index contributed by atoms with van der Waals surface area (Å²) in [6, 6.07) is -0.100. The lowest BCUT2D eigenvalue weighted by Crippen LogP contribution is -2.54. The molecule has 7 heteroatoms. The van der Waals surface area contributed by atoms with Gasteiger partial charge in [-0.1, -0.05) is 12.8 Å². The summed E-state index contributed by atoms with van der Waals surface area (Å²) in [4.78, 5) is 12.6. The molecule has 0 bridgehead atoms. The van der Waals surface area contributed by atoms with Crippen LogP contribution >= 0.6 is 23.5 Å². The first-order valence-corrected chi connectivity index (χ1v) is 11.0. The van der Waals surface area contributed by atoms with Crippen molar-refractivity contribution in [1.29, 1.82) is 0 Å². The van der Waals surface area contributed by atoms with Crippen LogP contribution in [0.1, 0.15) is 47.0 Å². The molecular weight excluding hydrogens is 338 g/mol.